The maximum atomic E-state index is 12.8. The van der Waals surface area contributed by atoms with Crippen molar-refractivity contribution in [3.05, 3.63) is 59.9 Å². The molecule has 6 heteroatoms. The number of para-hydroxylation sites is 1. The fourth-order valence-electron chi connectivity index (χ4n) is 2.78. The van der Waals surface area contributed by atoms with Gasteiger partial charge in [-0.05, 0) is 64.1 Å². The average molecular weight is 380 g/mol. The minimum absolute atomic E-state index is 0.0791. The molecule has 3 aromatic rings. The highest BCUT2D eigenvalue weighted by molar-refractivity contribution is 6.14. The fourth-order valence-corrected chi connectivity index (χ4v) is 2.78. The van der Waals surface area contributed by atoms with Crippen molar-refractivity contribution in [2.45, 2.75) is 33.2 Å². The van der Waals surface area contributed by atoms with Crippen LogP contribution in [0.4, 0.5) is 5.69 Å². The summed E-state index contributed by atoms with van der Waals surface area (Å²) in [4.78, 5) is 25.5. The topological polar surface area (TPSA) is 80.6 Å². The maximum Gasteiger partial charge on any atom is 0.289 e. The second-order valence-electron chi connectivity index (χ2n) is 7.42. The van der Waals surface area contributed by atoms with Gasteiger partial charge in [-0.3, -0.25) is 9.59 Å². The summed E-state index contributed by atoms with van der Waals surface area (Å²) in [7, 11) is 0. The average Bonchev–Trinajstić information content (AvgIpc) is 3.00. The van der Waals surface area contributed by atoms with Gasteiger partial charge in [0.15, 0.2) is 0 Å². The monoisotopic (exact) mass is 380 g/mol. The molecule has 0 spiro atoms. The Morgan fingerprint density at radius 2 is 1.68 bits per heavy atom. The number of hydrogen-bond donors (Lipinski definition) is 2. The van der Waals surface area contributed by atoms with Crippen LogP contribution < -0.4 is 15.4 Å². The molecule has 3 rings (SSSR count). The summed E-state index contributed by atoms with van der Waals surface area (Å²) >= 11 is 0. The van der Waals surface area contributed by atoms with Crippen LogP contribution in [0.2, 0.25) is 0 Å². The Hall–Kier alpha value is -3.28. The Morgan fingerprint density at radius 1 is 1.00 bits per heavy atom. The van der Waals surface area contributed by atoms with Gasteiger partial charge in [-0.25, -0.2) is 0 Å². The second-order valence-corrected chi connectivity index (χ2v) is 7.42. The molecule has 1 heterocycles. The lowest BCUT2D eigenvalue weighted by Crippen LogP contribution is -2.40. The summed E-state index contributed by atoms with van der Waals surface area (Å²) in [5.74, 6) is 0.0542. The van der Waals surface area contributed by atoms with E-state index in [2.05, 4.69) is 10.6 Å². The summed E-state index contributed by atoms with van der Waals surface area (Å²) < 4.78 is 11.1. The van der Waals surface area contributed by atoms with Gasteiger partial charge in [-0.15, -0.1) is 0 Å². The van der Waals surface area contributed by atoms with Crippen molar-refractivity contribution in [2.24, 2.45) is 0 Å². The molecule has 28 heavy (non-hydrogen) atoms. The Morgan fingerprint density at radius 3 is 2.32 bits per heavy atom. The van der Waals surface area contributed by atoms with E-state index in [1.807, 2.05) is 39.8 Å². The standard InChI is InChI=1S/C22H24N2O4/c1-5-27-15-12-10-14(11-13-15)20(25)23-18-16-8-6-7-9-17(16)28-19(18)21(26)24-22(2,3)4/h6-13H,5H2,1-4H3,(H,23,25)(H,24,26). The first kappa shape index (κ1) is 19.5. The number of rotatable bonds is 5. The van der Waals surface area contributed by atoms with E-state index in [4.69, 9.17) is 9.15 Å². The van der Waals surface area contributed by atoms with Crippen LogP contribution in [0.3, 0.4) is 0 Å². The number of benzene rings is 2. The van der Waals surface area contributed by atoms with Crippen molar-refractivity contribution in [3.8, 4) is 5.75 Å². The number of anilines is 1. The summed E-state index contributed by atoms with van der Waals surface area (Å²) in [5.41, 5.74) is 0.905. The van der Waals surface area contributed by atoms with Crippen LogP contribution in [0.5, 0.6) is 5.75 Å². The van der Waals surface area contributed by atoms with E-state index in [9.17, 15) is 9.59 Å². The summed E-state index contributed by atoms with van der Waals surface area (Å²) in [6.07, 6.45) is 0. The number of carbonyl (C=O) groups is 2. The largest absolute Gasteiger partial charge is 0.494 e. The van der Waals surface area contributed by atoms with Gasteiger partial charge in [-0.1, -0.05) is 12.1 Å². The van der Waals surface area contributed by atoms with Crippen molar-refractivity contribution in [1.82, 2.24) is 5.32 Å². The van der Waals surface area contributed by atoms with Gasteiger partial charge in [0, 0.05) is 16.5 Å². The molecule has 0 saturated carbocycles. The molecule has 2 N–H and O–H groups in total. The molecule has 2 aromatic carbocycles. The molecular weight excluding hydrogens is 356 g/mol. The Kier molecular flexibility index (Phi) is 5.40. The van der Waals surface area contributed by atoms with Crippen LogP contribution in [-0.4, -0.2) is 24.0 Å². The van der Waals surface area contributed by atoms with E-state index in [0.717, 1.165) is 0 Å². The summed E-state index contributed by atoms with van der Waals surface area (Å²) in [6.45, 7) is 8.09. The van der Waals surface area contributed by atoms with Crippen LogP contribution in [0.1, 0.15) is 48.6 Å². The second kappa shape index (κ2) is 7.76. The van der Waals surface area contributed by atoms with E-state index in [1.165, 1.54) is 0 Å². The number of nitrogens with one attached hydrogen (secondary N) is 2. The van der Waals surface area contributed by atoms with Crippen molar-refractivity contribution in [2.75, 3.05) is 11.9 Å². The number of fused-ring (bicyclic) bond motifs is 1. The van der Waals surface area contributed by atoms with Gasteiger partial charge in [-0.2, -0.15) is 0 Å². The van der Waals surface area contributed by atoms with Crippen molar-refractivity contribution < 1.29 is 18.7 Å². The van der Waals surface area contributed by atoms with Gasteiger partial charge in [0.05, 0.1) is 6.61 Å². The molecule has 0 radical (unpaired) electrons. The molecule has 0 saturated heterocycles. The summed E-state index contributed by atoms with van der Waals surface area (Å²) in [6, 6.07) is 14.0. The Labute approximate surface area is 163 Å². The van der Waals surface area contributed by atoms with Gasteiger partial charge >= 0.3 is 0 Å². The molecule has 2 amide bonds. The highest BCUT2D eigenvalue weighted by Crippen LogP contribution is 2.31. The third-order valence-electron chi connectivity index (χ3n) is 3.96. The maximum absolute atomic E-state index is 12.8. The molecule has 0 bridgehead atoms. The minimum atomic E-state index is -0.438. The highest BCUT2D eigenvalue weighted by Gasteiger charge is 2.25. The molecule has 0 aliphatic rings. The SMILES string of the molecule is CCOc1ccc(C(=O)Nc2c(C(=O)NC(C)(C)C)oc3ccccc23)cc1. The van der Waals surface area contributed by atoms with E-state index >= 15 is 0 Å². The number of amides is 2. The highest BCUT2D eigenvalue weighted by atomic mass is 16.5. The summed E-state index contributed by atoms with van der Waals surface area (Å²) in [5, 5.41) is 6.37. The molecule has 6 nitrogen and oxygen atoms in total. The first-order valence-electron chi connectivity index (χ1n) is 9.17. The molecule has 146 valence electrons. The normalized spacial score (nSPS) is 11.3. The van der Waals surface area contributed by atoms with Gasteiger partial charge in [0.1, 0.15) is 17.0 Å². The lowest BCUT2D eigenvalue weighted by molar-refractivity contribution is 0.0894. The Bertz CT molecular complexity index is 998. The van der Waals surface area contributed by atoms with Crippen molar-refractivity contribution >= 4 is 28.5 Å². The molecular formula is C22H24N2O4. The van der Waals surface area contributed by atoms with Crippen LogP contribution in [0.25, 0.3) is 11.0 Å². The number of hydrogen-bond acceptors (Lipinski definition) is 4. The van der Waals surface area contributed by atoms with E-state index in [-0.39, 0.29) is 17.6 Å². The molecule has 0 fully saturated rings. The fraction of sp³-hybridized carbons (Fsp3) is 0.273. The lowest BCUT2D eigenvalue weighted by Gasteiger charge is -2.20. The molecule has 0 aliphatic carbocycles. The zero-order chi connectivity index (χ0) is 20.3. The smallest absolute Gasteiger partial charge is 0.289 e. The number of ether oxygens (including phenoxy) is 1. The predicted molar refractivity (Wildman–Crippen MR) is 109 cm³/mol. The van der Waals surface area contributed by atoms with E-state index in [1.54, 1.807) is 36.4 Å². The van der Waals surface area contributed by atoms with Crippen molar-refractivity contribution in [3.63, 3.8) is 0 Å². The number of carbonyl (C=O) groups excluding carboxylic acids is 2. The lowest BCUT2D eigenvalue weighted by atomic mass is 10.1. The van der Waals surface area contributed by atoms with Crippen LogP contribution in [0, 0.1) is 0 Å². The Balaban J connectivity index is 1.93. The molecule has 0 atom stereocenters. The van der Waals surface area contributed by atoms with Crippen LogP contribution in [0.15, 0.2) is 52.9 Å². The van der Waals surface area contributed by atoms with Crippen molar-refractivity contribution in [1.29, 1.82) is 0 Å². The van der Waals surface area contributed by atoms with Crippen LogP contribution >= 0.6 is 0 Å². The van der Waals surface area contributed by atoms with E-state index < -0.39 is 5.54 Å². The zero-order valence-electron chi connectivity index (χ0n) is 16.5. The third kappa shape index (κ3) is 4.34. The molecule has 0 aliphatic heterocycles. The predicted octanol–water partition coefficient (Wildman–Crippen LogP) is 4.61. The van der Waals surface area contributed by atoms with Gasteiger partial charge < -0.3 is 19.8 Å². The van der Waals surface area contributed by atoms with Gasteiger partial charge in [0.2, 0.25) is 5.76 Å². The molecule has 0 unspecified atom stereocenters. The number of furan rings is 1. The zero-order valence-corrected chi connectivity index (χ0v) is 16.5. The van der Waals surface area contributed by atoms with E-state index in [0.29, 0.717) is 34.6 Å². The third-order valence-corrected chi connectivity index (χ3v) is 3.96. The van der Waals surface area contributed by atoms with Crippen LogP contribution in [-0.2, 0) is 0 Å². The quantitative estimate of drug-likeness (QED) is 0.677. The molecule has 1 aromatic heterocycles. The minimum Gasteiger partial charge on any atom is -0.494 e. The van der Waals surface area contributed by atoms with Gasteiger partial charge in [0.25, 0.3) is 11.8 Å². The first-order valence-corrected chi connectivity index (χ1v) is 9.17. The first-order chi connectivity index (χ1) is 13.3.